The Balaban J connectivity index is 2.02. The average Bonchev–Trinajstić information content (AvgIpc) is 2.97. The Morgan fingerprint density at radius 2 is 1.96 bits per heavy atom. The van der Waals surface area contributed by atoms with Crippen LogP contribution >= 0.6 is 0 Å². The summed E-state index contributed by atoms with van der Waals surface area (Å²) in [6.07, 6.45) is 0.819. The number of nitrogens with zero attached hydrogens (tertiary/aromatic N) is 1. The van der Waals surface area contributed by atoms with Gasteiger partial charge in [0.2, 0.25) is 12.3 Å². The number of likely N-dealkylation sites (tertiary alicyclic amines) is 1. The highest BCUT2D eigenvalue weighted by Gasteiger charge is 2.39. The smallest absolute Gasteiger partial charge is 0.326 e. The van der Waals surface area contributed by atoms with E-state index in [2.05, 4.69) is 5.32 Å². The van der Waals surface area contributed by atoms with Gasteiger partial charge in [-0.3, -0.25) is 14.4 Å². The van der Waals surface area contributed by atoms with E-state index in [1.54, 1.807) is 24.3 Å². The molecule has 1 aliphatic rings. The molecule has 0 spiro atoms. The maximum absolute atomic E-state index is 12.2. The fourth-order valence-corrected chi connectivity index (χ4v) is 2.82. The van der Waals surface area contributed by atoms with Crippen molar-refractivity contribution < 1.29 is 24.3 Å². The number of carbonyl (C=O) groups is 4. The summed E-state index contributed by atoms with van der Waals surface area (Å²) < 4.78 is 0. The van der Waals surface area contributed by atoms with Gasteiger partial charge in [-0.1, -0.05) is 30.3 Å². The molecule has 1 fully saturated rings. The van der Waals surface area contributed by atoms with Crippen molar-refractivity contribution >= 4 is 24.1 Å². The van der Waals surface area contributed by atoms with E-state index in [9.17, 15) is 24.3 Å². The number of Topliss-reactive ketones (excluding diaryl/α,β-unsaturated/α-hetero) is 1. The predicted molar refractivity (Wildman–Crippen MR) is 80.7 cm³/mol. The third-order valence-corrected chi connectivity index (χ3v) is 3.90. The lowest BCUT2D eigenvalue weighted by Crippen LogP contribution is -2.44. The van der Waals surface area contributed by atoms with E-state index >= 15 is 0 Å². The van der Waals surface area contributed by atoms with E-state index in [4.69, 9.17) is 0 Å². The number of hydrogen-bond acceptors (Lipinski definition) is 4. The molecule has 0 bridgehead atoms. The van der Waals surface area contributed by atoms with Crippen molar-refractivity contribution in [2.75, 3.05) is 13.1 Å². The van der Waals surface area contributed by atoms with Gasteiger partial charge < -0.3 is 15.3 Å². The second kappa shape index (κ2) is 7.53. The Hall–Kier alpha value is -2.70. The number of carboxylic acid groups (broad SMARTS) is 1. The first-order valence-corrected chi connectivity index (χ1v) is 7.30. The van der Waals surface area contributed by atoms with Crippen LogP contribution in [0.3, 0.4) is 0 Å². The lowest BCUT2D eigenvalue weighted by molar-refractivity contribution is -0.147. The zero-order valence-corrected chi connectivity index (χ0v) is 12.5. The van der Waals surface area contributed by atoms with Crippen LogP contribution in [0.15, 0.2) is 30.3 Å². The molecule has 23 heavy (non-hydrogen) atoms. The minimum absolute atomic E-state index is 0.0694. The molecule has 0 radical (unpaired) electrons. The van der Waals surface area contributed by atoms with E-state index < -0.39 is 17.9 Å². The van der Waals surface area contributed by atoms with Crippen LogP contribution in [0, 0.1) is 5.92 Å². The highest BCUT2D eigenvalue weighted by molar-refractivity contribution is 5.96. The Morgan fingerprint density at radius 1 is 1.26 bits per heavy atom. The Labute approximate surface area is 133 Å². The number of ketones is 1. The number of carbonyl (C=O) groups excluding carboxylic acids is 3. The molecule has 2 N–H and O–H groups in total. The average molecular weight is 318 g/mol. The second-order valence-electron chi connectivity index (χ2n) is 5.49. The number of aliphatic carboxylic acids is 1. The van der Waals surface area contributed by atoms with Gasteiger partial charge in [0.25, 0.3) is 0 Å². The maximum Gasteiger partial charge on any atom is 0.326 e. The molecule has 7 nitrogen and oxygen atoms in total. The molecule has 122 valence electrons. The van der Waals surface area contributed by atoms with Gasteiger partial charge >= 0.3 is 5.97 Å². The molecule has 1 aromatic rings. The molecule has 0 aliphatic carbocycles. The standard InChI is InChI=1S/C16H18N2O5/c19-10-17-8-15(21)18-9-11(6-13(18)16(22)23)7-14(20)12-4-2-1-3-5-12/h1-5,10-11,13H,6-9H2,(H,17,19)(H,22,23)/t11-,13-/m0/s1. The molecule has 7 heteroatoms. The van der Waals surface area contributed by atoms with Crippen molar-refractivity contribution in [1.82, 2.24) is 10.2 Å². The second-order valence-corrected chi connectivity index (χ2v) is 5.49. The van der Waals surface area contributed by atoms with Gasteiger partial charge in [0.05, 0.1) is 6.54 Å². The van der Waals surface area contributed by atoms with Crippen molar-refractivity contribution in [2.24, 2.45) is 5.92 Å². The monoisotopic (exact) mass is 318 g/mol. The van der Waals surface area contributed by atoms with Crippen molar-refractivity contribution in [1.29, 1.82) is 0 Å². The van der Waals surface area contributed by atoms with Gasteiger partial charge in [-0.25, -0.2) is 4.79 Å². The number of amides is 2. The number of carboxylic acids is 1. The van der Waals surface area contributed by atoms with E-state index in [-0.39, 0.29) is 37.6 Å². The lowest BCUT2D eigenvalue weighted by Gasteiger charge is -2.21. The summed E-state index contributed by atoms with van der Waals surface area (Å²) >= 11 is 0. The molecule has 1 heterocycles. The number of hydrogen-bond donors (Lipinski definition) is 2. The van der Waals surface area contributed by atoms with Crippen molar-refractivity contribution in [3.05, 3.63) is 35.9 Å². The van der Waals surface area contributed by atoms with E-state index in [0.717, 1.165) is 0 Å². The quantitative estimate of drug-likeness (QED) is 0.556. The molecular formula is C16H18N2O5. The molecule has 0 unspecified atom stereocenters. The highest BCUT2D eigenvalue weighted by atomic mass is 16.4. The van der Waals surface area contributed by atoms with Crippen LogP contribution in [-0.4, -0.2) is 53.2 Å². The maximum atomic E-state index is 12.2. The summed E-state index contributed by atoms with van der Waals surface area (Å²) in [7, 11) is 0. The molecule has 2 atom stereocenters. The minimum atomic E-state index is -1.10. The van der Waals surface area contributed by atoms with Crippen LogP contribution in [0.25, 0.3) is 0 Å². The predicted octanol–water partition coefficient (Wildman–Crippen LogP) is 0.307. The summed E-state index contributed by atoms with van der Waals surface area (Å²) in [6.45, 7) is -0.0401. The first-order chi connectivity index (χ1) is 11.0. The van der Waals surface area contributed by atoms with Crippen LogP contribution in [0.2, 0.25) is 0 Å². The number of benzene rings is 1. The van der Waals surface area contributed by atoms with Crippen LogP contribution in [-0.2, 0) is 14.4 Å². The summed E-state index contributed by atoms with van der Waals surface area (Å²) in [4.78, 5) is 47.0. The van der Waals surface area contributed by atoms with Gasteiger partial charge in [0.15, 0.2) is 5.78 Å². The van der Waals surface area contributed by atoms with Crippen molar-refractivity contribution in [2.45, 2.75) is 18.9 Å². The van der Waals surface area contributed by atoms with Gasteiger partial charge in [0.1, 0.15) is 6.04 Å². The van der Waals surface area contributed by atoms with Crippen molar-refractivity contribution in [3.8, 4) is 0 Å². The van der Waals surface area contributed by atoms with Crippen LogP contribution in [0.4, 0.5) is 0 Å². The van der Waals surface area contributed by atoms with Crippen molar-refractivity contribution in [3.63, 3.8) is 0 Å². The Bertz CT molecular complexity index is 602. The fourth-order valence-electron chi connectivity index (χ4n) is 2.82. The summed E-state index contributed by atoms with van der Waals surface area (Å²) in [5.41, 5.74) is 0.576. The van der Waals surface area contributed by atoms with Gasteiger partial charge in [-0.05, 0) is 12.3 Å². The largest absolute Gasteiger partial charge is 0.480 e. The third-order valence-electron chi connectivity index (χ3n) is 3.90. The molecular weight excluding hydrogens is 300 g/mol. The normalized spacial score (nSPS) is 20.1. The van der Waals surface area contributed by atoms with E-state index in [1.807, 2.05) is 6.07 Å². The first kappa shape index (κ1) is 16.7. The summed E-state index contributed by atoms with van der Waals surface area (Å²) in [5.74, 6) is -1.83. The molecule has 0 aromatic heterocycles. The lowest BCUT2D eigenvalue weighted by atomic mass is 9.96. The van der Waals surface area contributed by atoms with Gasteiger partial charge in [0, 0.05) is 18.5 Å². The molecule has 2 rings (SSSR count). The van der Waals surface area contributed by atoms with Crippen LogP contribution < -0.4 is 5.32 Å². The summed E-state index contributed by atoms with van der Waals surface area (Å²) in [5, 5.41) is 11.5. The van der Waals surface area contributed by atoms with E-state index in [0.29, 0.717) is 12.0 Å². The van der Waals surface area contributed by atoms with Crippen LogP contribution in [0.1, 0.15) is 23.2 Å². The molecule has 1 saturated heterocycles. The zero-order chi connectivity index (χ0) is 16.8. The third kappa shape index (κ3) is 4.15. The molecule has 0 saturated carbocycles. The fraction of sp³-hybridized carbons (Fsp3) is 0.375. The Kier molecular flexibility index (Phi) is 5.46. The molecule has 1 aliphatic heterocycles. The minimum Gasteiger partial charge on any atom is -0.480 e. The highest BCUT2D eigenvalue weighted by Crippen LogP contribution is 2.27. The topological polar surface area (TPSA) is 104 Å². The first-order valence-electron chi connectivity index (χ1n) is 7.30. The van der Waals surface area contributed by atoms with Gasteiger partial charge in [-0.2, -0.15) is 0 Å². The summed E-state index contributed by atoms with van der Waals surface area (Å²) in [6, 6.07) is 7.81. The number of nitrogens with one attached hydrogen (secondary N) is 1. The number of rotatable bonds is 7. The van der Waals surface area contributed by atoms with Gasteiger partial charge in [-0.15, -0.1) is 0 Å². The van der Waals surface area contributed by atoms with E-state index in [1.165, 1.54) is 4.90 Å². The Morgan fingerprint density at radius 3 is 2.57 bits per heavy atom. The van der Waals surface area contributed by atoms with Crippen LogP contribution in [0.5, 0.6) is 0 Å². The molecule has 2 amide bonds. The zero-order valence-electron chi connectivity index (χ0n) is 12.5. The molecule has 1 aromatic carbocycles. The SMILES string of the molecule is O=CNCC(=O)N1C[C@H](CC(=O)c2ccccc2)C[C@H]1C(=O)O.